The molecule has 37 heavy (non-hydrogen) atoms. The number of hydrogen-bond donors (Lipinski definition) is 1. The molecule has 0 aliphatic carbocycles. The minimum absolute atomic E-state index is 0.163. The molecule has 0 unspecified atom stereocenters. The van der Waals surface area contributed by atoms with Gasteiger partial charge in [0.05, 0.1) is 19.9 Å². The molecule has 8 nitrogen and oxygen atoms in total. The Bertz CT molecular complexity index is 1380. The zero-order chi connectivity index (χ0) is 26.2. The summed E-state index contributed by atoms with van der Waals surface area (Å²) >= 11 is 0. The Labute approximate surface area is 215 Å². The molecule has 8 heteroatoms. The molecule has 0 saturated heterocycles. The van der Waals surface area contributed by atoms with Gasteiger partial charge in [0.15, 0.2) is 0 Å². The molecule has 2 amide bonds. The van der Waals surface area contributed by atoms with Crippen molar-refractivity contribution < 1.29 is 19.1 Å². The average Bonchev–Trinajstić information content (AvgIpc) is 3.36. The molecule has 0 aliphatic heterocycles. The van der Waals surface area contributed by atoms with Crippen molar-refractivity contribution in [2.75, 3.05) is 32.6 Å². The Morgan fingerprint density at radius 2 is 1.70 bits per heavy atom. The summed E-state index contributed by atoms with van der Waals surface area (Å²) in [6.07, 6.45) is 3.43. The molecular formula is C29H28N4O4. The third-order valence-electron chi connectivity index (χ3n) is 5.67. The Balaban J connectivity index is 1.63. The first-order valence-corrected chi connectivity index (χ1v) is 11.7. The third-order valence-corrected chi connectivity index (χ3v) is 5.67. The topological polar surface area (TPSA) is 85.7 Å². The molecular weight excluding hydrogens is 468 g/mol. The van der Waals surface area contributed by atoms with Crippen LogP contribution in [0.2, 0.25) is 0 Å². The van der Waals surface area contributed by atoms with Gasteiger partial charge in [-0.05, 0) is 48.5 Å². The Morgan fingerprint density at radius 1 is 0.973 bits per heavy atom. The van der Waals surface area contributed by atoms with Crippen LogP contribution in [0.25, 0.3) is 16.9 Å². The van der Waals surface area contributed by atoms with E-state index in [-0.39, 0.29) is 24.9 Å². The lowest BCUT2D eigenvalue weighted by molar-refractivity contribution is -0.116. The third kappa shape index (κ3) is 6.05. The fraction of sp³-hybridized carbons (Fsp3) is 0.138. The molecule has 1 N–H and O–H groups in total. The molecule has 188 valence electrons. The van der Waals surface area contributed by atoms with Crippen LogP contribution in [0.5, 0.6) is 11.5 Å². The van der Waals surface area contributed by atoms with E-state index in [1.54, 1.807) is 49.1 Å². The highest BCUT2D eigenvalue weighted by atomic mass is 16.5. The van der Waals surface area contributed by atoms with Crippen molar-refractivity contribution in [3.8, 4) is 28.4 Å². The smallest absolute Gasteiger partial charge is 0.254 e. The molecule has 0 bridgehead atoms. The van der Waals surface area contributed by atoms with E-state index in [9.17, 15) is 9.59 Å². The average molecular weight is 497 g/mol. The molecule has 4 aromatic rings. The van der Waals surface area contributed by atoms with Gasteiger partial charge in [-0.1, -0.05) is 36.4 Å². The van der Waals surface area contributed by atoms with Crippen molar-refractivity contribution in [2.24, 2.45) is 0 Å². The highest BCUT2D eigenvalue weighted by molar-refractivity contribution is 5.99. The molecule has 3 aromatic carbocycles. The zero-order valence-electron chi connectivity index (χ0n) is 20.8. The second-order valence-corrected chi connectivity index (χ2v) is 8.14. The van der Waals surface area contributed by atoms with Gasteiger partial charge in [0.25, 0.3) is 5.91 Å². The normalized spacial score (nSPS) is 10.4. The quantitative estimate of drug-likeness (QED) is 0.318. The van der Waals surface area contributed by atoms with Crippen LogP contribution >= 0.6 is 0 Å². The van der Waals surface area contributed by atoms with Gasteiger partial charge in [-0.2, -0.15) is 0 Å². The molecule has 4 rings (SSSR count). The number of anilines is 1. The number of nitrogens with zero attached hydrogens (tertiary/aromatic N) is 3. The van der Waals surface area contributed by atoms with E-state index in [2.05, 4.69) is 11.9 Å². The number of benzene rings is 3. The number of hydrogen-bond acceptors (Lipinski definition) is 5. The maximum atomic E-state index is 13.1. The number of ether oxygens (including phenoxy) is 2. The minimum Gasteiger partial charge on any atom is -0.497 e. The minimum atomic E-state index is -0.385. The predicted molar refractivity (Wildman–Crippen MR) is 143 cm³/mol. The summed E-state index contributed by atoms with van der Waals surface area (Å²) in [6.45, 7) is 3.79. The zero-order valence-corrected chi connectivity index (χ0v) is 20.8. The van der Waals surface area contributed by atoms with Crippen molar-refractivity contribution in [1.82, 2.24) is 14.5 Å². The van der Waals surface area contributed by atoms with E-state index < -0.39 is 0 Å². The number of carbonyl (C=O) groups is 2. The molecule has 0 fully saturated rings. The highest BCUT2D eigenvalue weighted by Crippen LogP contribution is 2.27. The van der Waals surface area contributed by atoms with Gasteiger partial charge in [0, 0.05) is 29.6 Å². The van der Waals surface area contributed by atoms with E-state index in [1.807, 2.05) is 60.8 Å². The van der Waals surface area contributed by atoms with Crippen LogP contribution in [0.4, 0.5) is 5.95 Å². The number of methoxy groups -OCH3 is 2. The number of nitrogens with one attached hydrogen (secondary N) is 1. The van der Waals surface area contributed by atoms with Gasteiger partial charge in [0.2, 0.25) is 11.9 Å². The maximum absolute atomic E-state index is 13.1. The van der Waals surface area contributed by atoms with Crippen LogP contribution in [0.1, 0.15) is 10.4 Å². The van der Waals surface area contributed by atoms with Crippen molar-refractivity contribution in [1.29, 1.82) is 0 Å². The van der Waals surface area contributed by atoms with Gasteiger partial charge in [0.1, 0.15) is 18.0 Å². The molecule has 0 aliphatic rings. The standard InChI is InChI=1S/C29H28N4O4/c1-4-17-32(28(35)21-9-6-5-7-10-21)20-27(34)31-29-30-26(22-11-8-12-25(18-22)37-3)19-33(29)23-13-15-24(36-2)16-14-23/h4-16,18-19H,1,17,20H2,2-3H3,(H,30,31,34). The van der Waals surface area contributed by atoms with E-state index in [0.717, 1.165) is 11.3 Å². The van der Waals surface area contributed by atoms with Crippen LogP contribution in [-0.2, 0) is 4.79 Å². The second-order valence-electron chi connectivity index (χ2n) is 8.14. The van der Waals surface area contributed by atoms with Gasteiger partial charge in [-0.25, -0.2) is 4.98 Å². The second kappa shape index (κ2) is 11.7. The van der Waals surface area contributed by atoms with E-state index >= 15 is 0 Å². The van der Waals surface area contributed by atoms with Crippen LogP contribution in [0, 0.1) is 0 Å². The number of amides is 2. The summed E-state index contributed by atoms with van der Waals surface area (Å²) in [5, 5.41) is 2.87. The number of aromatic nitrogens is 2. The van der Waals surface area contributed by atoms with Gasteiger partial charge >= 0.3 is 0 Å². The summed E-state index contributed by atoms with van der Waals surface area (Å²) in [4.78, 5) is 32.2. The summed E-state index contributed by atoms with van der Waals surface area (Å²) in [5.41, 5.74) is 2.75. The van der Waals surface area contributed by atoms with Crippen molar-refractivity contribution in [3.05, 3.63) is 103 Å². The summed E-state index contributed by atoms with van der Waals surface area (Å²) in [5.74, 6) is 1.08. The van der Waals surface area contributed by atoms with Gasteiger partial charge in [-0.3, -0.25) is 19.5 Å². The number of carbonyl (C=O) groups excluding carboxylic acids is 2. The first-order chi connectivity index (χ1) is 18.0. The predicted octanol–water partition coefficient (Wildman–Crippen LogP) is 4.82. The SMILES string of the molecule is C=CCN(CC(=O)Nc1nc(-c2cccc(OC)c2)cn1-c1ccc(OC)cc1)C(=O)c1ccccc1. The first kappa shape index (κ1) is 25.2. The van der Waals surface area contributed by atoms with Gasteiger partial charge < -0.3 is 14.4 Å². The van der Waals surface area contributed by atoms with Crippen LogP contribution in [-0.4, -0.2) is 53.6 Å². The van der Waals surface area contributed by atoms with Crippen LogP contribution < -0.4 is 14.8 Å². The van der Waals surface area contributed by atoms with E-state index in [4.69, 9.17) is 14.5 Å². The summed E-state index contributed by atoms with van der Waals surface area (Å²) in [7, 11) is 3.21. The lowest BCUT2D eigenvalue weighted by Crippen LogP contribution is -2.38. The Kier molecular flexibility index (Phi) is 8.00. The molecule has 1 aromatic heterocycles. The molecule has 0 spiro atoms. The molecule has 0 atom stereocenters. The van der Waals surface area contributed by atoms with E-state index in [1.165, 1.54) is 4.90 Å². The van der Waals surface area contributed by atoms with Crippen LogP contribution in [0.3, 0.4) is 0 Å². The monoisotopic (exact) mass is 496 g/mol. The number of rotatable bonds is 10. The van der Waals surface area contributed by atoms with Crippen molar-refractivity contribution >= 4 is 17.8 Å². The fourth-order valence-electron chi connectivity index (χ4n) is 3.81. The highest BCUT2D eigenvalue weighted by Gasteiger charge is 2.20. The molecule has 0 radical (unpaired) electrons. The lowest BCUT2D eigenvalue weighted by Gasteiger charge is -2.20. The van der Waals surface area contributed by atoms with Crippen molar-refractivity contribution in [2.45, 2.75) is 0 Å². The Hall–Kier alpha value is -4.85. The maximum Gasteiger partial charge on any atom is 0.254 e. The van der Waals surface area contributed by atoms with Crippen LogP contribution in [0.15, 0.2) is 97.7 Å². The fourth-order valence-corrected chi connectivity index (χ4v) is 3.81. The lowest BCUT2D eigenvalue weighted by atomic mass is 10.1. The Morgan fingerprint density at radius 3 is 2.38 bits per heavy atom. The summed E-state index contributed by atoms with van der Waals surface area (Å²) < 4.78 is 12.4. The van der Waals surface area contributed by atoms with Crippen molar-refractivity contribution in [3.63, 3.8) is 0 Å². The first-order valence-electron chi connectivity index (χ1n) is 11.7. The molecule has 1 heterocycles. The summed E-state index contributed by atoms with van der Waals surface area (Å²) in [6, 6.07) is 23.7. The van der Waals surface area contributed by atoms with E-state index in [0.29, 0.717) is 28.7 Å². The largest absolute Gasteiger partial charge is 0.497 e. The molecule has 0 saturated carbocycles. The number of imidazole rings is 1. The van der Waals surface area contributed by atoms with Gasteiger partial charge in [-0.15, -0.1) is 6.58 Å².